The summed E-state index contributed by atoms with van der Waals surface area (Å²) in [6.45, 7) is 0. The number of aryl methyl sites for hydroxylation is 4. The van der Waals surface area contributed by atoms with E-state index >= 15 is 0 Å². The molecule has 2 aliphatic rings. The predicted octanol–water partition coefficient (Wildman–Crippen LogP) is 5.36. The summed E-state index contributed by atoms with van der Waals surface area (Å²) in [4.78, 5) is 0. The Balaban J connectivity index is 1.85. The maximum Gasteiger partial charge on any atom is 0.0998 e. The van der Waals surface area contributed by atoms with Crippen LogP contribution in [0.4, 0.5) is 0 Å². The van der Waals surface area contributed by atoms with Gasteiger partial charge in [0.25, 0.3) is 0 Å². The van der Waals surface area contributed by atoms with Crippen LogP contribution < -0.4 is 0 Å². The highest BCUT2D eigenvalue weighted by atomic mass is 14.3. The van der Waals surface area contributed by atoms with Gasteiger partial charge >= 0.3 is 0 Å². The van der Waals surface area contributed by atoms with Crippen LogP contribution in [-0.4, -0.2) is 0 Å². The minimum Gasteiger partial charge on any atom is -0.192 e. The zero-order valence-corrected chi connectivity index (χ0v) is 17.2. The fourth-order valence-corrected chi connectivity index (χ4v) is 5.02. The highest BCUT2D eigenvalue weighted by Gasteiger charge is 2.19. The lowest BCUT2D eigenvalue weighted by molar-refractivity contribution is 0.946. The van der Waals surface area contributed by atoms with E-state index < -0.39 is 0 Å². The molecule has 0 atom stereocenters. The van der Waals surface area contributed by atoms with Gasteiger partial charge in [0, 0.05) is 21.5 Å². The molecule has 0 unspecified atom stereocenters. The lowest BCUT2D eigenvalue weighted by Crippen LogP contribution is -2.04. The molecule has 0 radical (unpaired) electrons. The van der Waals surface area contributed by atoms with Crippen molar-refractivity contribution in [2.75, 3.05) is 0 Å². The molecule has 4 bridgehead atoms. The van der Waals surface area contributed by atoms with Crippen LogP contribution in [0, 0.1) is 45.3 Å². The Morgan fingerprint density at radius 3 is 0.781 bits per heavy atom. The van der Waals surface area contributed by atoms with E-state index in [4.69, 9.17) is 0 Å². The molecule has 4 aromatic carbocycles. The summed E-state index contributed by atoms with van der Waals surface area (Å²) in [5, 5.41) is 42.5. The van der Waals surface area contributed by atoms with Gasteiger partial charge in [-0.15, -0.1) is 0 Å². The van der Waals surface area contributed by atoms with E-state index in [1.165, 1.54) is 0 Å². The topological polar surface area (TPSA) is 95.2 Å². The monoisotopic (exact) mass is 408 g/mol. The van der Waals surface area contributed by atoms with E-state index in [0.717, 1.165) is 43.8 Å². The number of benzene rings is 4. The van der Waals surface area contributed by atoms with Crippen molar-refractivity contribution >= 4 is 21.5 Å². The lowest BCUT2D eigenvalue weighted by Gasteiger charge is -2.19. The zero-order chi connectivity index (χ0) is 22.2. The first-order valence-electron chi connectivity index (χ1n) is 10.5. The summed E-state index contributed by atoms with van der Waals surface area (Å²) in [5.74, 6) is 0. The summed E-state index contributed by atoms with van der Waals surface area (Å²) in [6.07, 6.45) is 2.65. The first-order valence-corrected chi connectivity index (χ1v) is 10.5. The number of nitrogens with zero attached hydrogens (tertiary/aromatic N) is 4. The fourth-order valence-electron chi connectivity index (χ4n) is 5.02. The lowest BCUT2D eigenvalue weighted by atomic mass is 9.84. The molecule has 4 nitrogen and oxygen atoms in total. The van der Waals surface area contributed by atoms with Gasteiger partial charge in [-0.05, 0) is 72.2 Å². The van der Waals surface area contributed by atoms with Crippen molar-refractivity contribution in [3.63, 3.8) is 0 Å². The van der Waals surface area contributed by atoms with Gasteiger partial charge < -0.3 is 0 Å². The average molecular weight is 408 g/mol. The van der Waals surface area contributed by atoms with Crippen LogP contribution in [0.5, 0.6) is 0 Å². The van der Waals surface area contributed by atoms with Crippen molar-refractivity contribution < 1.29 is 0 Å². The predicted molar refractivity (Wildman–Crippen MR) is 122 cm³/mol. The Labute approximate surface area is 185 Å². The highest BCUT2D eigenvalue weighted by Crippen LogP contribution is 2.35. The maximum absolute atomic E-state index is 9.77. The molecule has 6 rings (SSSR count). The molecule has 0 spiro atoms. The molecule has 0 N–H and O–H groups in total. The number of rotatable bonds is 0. The highest BCUT2D eigenvalue weighted by molar-refractivity contribution is 5.99. The SMILES string of the molecule is N#Cc1ccc(C#N)c2c3ccc(c12)CCc1ccc(c2c(C#N)ccc(C#N)c12)CC3. The standard InChI is InChI=1S/C28H16N4/c29-13-21-9-10-22(14-30)26-18-2-1-17(25(21)26)5-6-19-3-4-20(8-7-18)28-24(16-32)12-11-23(15-31)27(19)28/h1-4,9-12H,5-8H2. The van der Waals surface area contributed by atoms with E-state index in [1.54, 1.807) is 24.3 Å². The third-order valence-corrected chi connectivity index (χ3v) is 6.48. The van der Waals surface area contributed by atoms with Crippen molar-refractivity contribution in [2.45, 2.75) is 25.7 Å². The molecule has 0 fully saturated rings. The van der Waals surface area contributed by atoms with Gasteiger partial charge in [0.05, 0.1) is 46.5 Å². The molecule has 0 amide bonds. The quantitative estimate of drug-likeness (QED) is 0.391. The average Bonchev–Trinajstić information content (AvgIpc) is 2.83. The minimum atomic E-state index is 0.580. The van der Waals surface area contributed by atoms with Crippen molar-refractivity contribution in [3.8, 4) is 24.3 Å². The van der Waals surface area contributed by atoms with Crippen LogP contribution >= 0.6 is 0 Å². The molecule has 32 heavy (non-hydrogen) atoms. The van der Waals surface area contributed by atoms with Crippen molar-refractivity contribution in [2.24, 2.45) is 0 Å². The number of hydrogen-bond acceptors (Lipinski definition) is 4. The van der Waals surface area contributed by atoms with Crippen molar-refractivity contribution in [1.29, 1.82) is 21.0 Å². The van der Waals surface area contributed by atoms with Crippen LogP contribution in [0.2, 0.25) is 0 Å². The van der Waals surface area contributed by atoms with Gasteiger partial charge in [-0.2, -0.15) is 21.0 Å². The Kier molecular flexibility index (Phi) is 4.57. The second-order valence-electron chi connectivity index (χ2n) is 8.04. The van der Waals surface area contributed by atoms with E-state index in [-0.39, 0.29) is 0 Å². The second kappa shape index (κ2) is 7.56. The van der Waals surface area contributed by atoms with Crippen LogP contribution in [0.1, 0.15) is 44.5 Å². The molecular weight excluding hydrogens is 392 g/mol. The van der Waals surface area contributed by atoms with Crippen molar-refractivity contribution in [1.82, 2.24) is 0 Å². The zero-order valence-electron chi connectivity index (χ0n) is 17.2. The van der Waals surface area contributed by atoms with E-state index in [9.17, 15) is 21.0 Å². The third kappa shape index (κ3) is 2.80. The molecule has 0 aliphatic heterocycles. The van der Waals surface area contributed by atoms with Crippen LogP contribution in [-0.2, 0) is 25.7 Å². The maximum atomic E-state index is 9.77. The Morgan fingerprint density at radius 1 is 0.375 bits per heavy atom. The number of nitriles is 4. The minimum absolute atomic E-state index is 0.580. The normalized spacial score (nSPS) is 12.4. The summed E-state index contributed by atoms with van der Waals surface area (Å²) < 4.78 is 0. The Hall–Kier alpha value is -4.64. The van der Waals surface area contributed by atoms with E-state index in [2.05, 4.69) is 48.5 Å². The molecule has 4 aromatic rings. The molecule has 2 aliphatic carbocycles. The third-order valence-electron chi connectivity index (χ3n) is 6.48. The summed E-state index contributed by atoms with van der Waals surface area (Å²) in [6, 6.07) is 24.4. The molecule has 0 saturated carbocycles. The van der Waals surface area contributed by atoms with Gasteiger partial charge in [-0.1, -0.05) is 24.3 Å². The second-order valence-corrected chi connectivity index (χ2v) is 8.04. The Bertz CT molecular complexity index is 1370. The number of fused-ring (bicyclic) bond motifs is 4. The smallest absolute Gasteiger partial charge is 0.0998 e. The molecular formula is C28H16N4. The molecule has 148 valence electrons. The van der Waals surface area contributed by atoms with Gasteiger partial charge in [-0.3, -0.25) is 0 Å². The first kappa shape index (κ1) is 19.3. The van der Waals surface area contributed by atoms with Crippen molar-refractivity contribution in [3.05, 3.63) is 93.0 Å². The Morgan fingerprint density at radius 2 is 0.594 bits per heavy atom. The molecule has 0 heterocycles. The summed E-state index contributed by atoms with van der Waals surface area (Å²) in [5.41, 5.74) is 6.39. The molecule has 4 heteroatoms. The molecule has 0 aromatic heterocycles. The number of hydrogen-bond donors (Lipinski definition) is 0. The van der Waals surface area contributed by atoms with E-state index in [1.807, 2.05) is 0 Å². The van der Waals surface area contributed by atoms with Gasteiger partial charge in [0.2, 0.25) is 0 Å². The summed E-state index contributed by atoms with van der Waals surface area (Å²) in [7, 11) is 0. The van der Waals surface area contributed by atoms with Gasteiger partial charge in [0.15, 0.2) is 0 Å². The van der Waals surface area contributed by atoms with Crippen LogP contribution in [0.15, 0.2) is 48.5 Å². The van der Waals surface area contributed by atoms with Gasteiger partial charge in [0.1, 0.15) is 0 Å². The van der Waals surface area contributed by atoms with Crippen LogP contribution in [0.25, 0.3) is 21.5 Å². The van der Waals surface area contributed by atoms with Gasteiger partial charge in [-0.25, -0.2) is 0 Å². The van der Waals surface area contributed by atoms with Crippen LogP contribution in [0.3, 0.4) is 0 Å². The van der Waals surface area contributed by atoms with E-state index in [0.29, 0.717) is 47.9 Å². The first-order chi connectivity index (χ1) is 15.7. The molecule has 0 saturated heterocycles. The fraction of sp³-hybridized carbons (Fsp3) is 0.143. The summed E-state index contributed by atoms with van der Waals surface area (Å²) >= 11 is 0. The largest absolute Gasteiger partial charge is 0.192 e.